The van der Waals surface area contributed by atoms with Gasteiger partial charge in [0.15, 0.2) is 0 Å². The quantitative estimate of drug-likeness (QED) is 0.780. The molecule has 0 radical (unpaired) electrons. The maximum Gasteiger partial charge on any atom is 0.252 e. The molecule has 19 heavy (non-hydrogen) atoms. The Bertz CT molecular complexity index is 508. The third kappa shape index (κ3) is 3.49. The predicted molar refractivity (Wildman–Crippen MR) is 79.4 cm³/mol. The van der Waals surface area contributed by atoms with Crippen LogP contribution in [-0.2, 0) is 15.9 Å². The van der Waals surface area contributed by atoms with E-state index in [0.717, 1.165) is 30.9 Å². The summed E-state index contributed by atoms with van der Waals surface area (Å²) < 4.78 is 26.9. The third-order valence-electron chi connectivity index (χ3n) is 3.23. The Hall–Kier alpha value is -0.140. The predicted octanol–water partition coefficient (Wildman–Crippen LogP) is 2.20. The minimum atomic E-state index is -3.32. The van der Waals surface area contributed by atoms with Crippen molar-refractivity contribution in [1.29, 1.82) is 0 Å². The van der Waals surface area contributed by atoms with Crippen LogP contribution in [0.4, 0.5) is 0 Å². The van der Waals surface area contributed by atoms with Crippen LogP contribution in [0.15, 0.2) is 16.3 Å². The van der Waals surface area contributed by atoms with E-state index in [2.05, 4.69) is 11.8 Å². The van der Waals surface area contributed by atoms with Crippen LogP contribution in [-0.4, -0.2) is 50.3 Å². The zero-order valence-corrected chi connectivity index (χ0v) is 13.4. The van der Waals surface area contributed by atoms with Crippen LogP contribution in [0.5, 0.6) is 0 Å². The summed E-state index contributed by atoms with van der Waals surface area (Å²) >= 11 is 6.99. The van der Waals surface area contributed by atoms with Gasteiger partial charge in [-0.3, -0.25) is 0 Å². The number of sulfonamides is 1. The zero-order valence-electron chi connectivity index (χ0n) is 11.0. The van der Waals surface area contributed by atoms with Gasteiger partial charge in [-0.1, -0.05) is 6.92 Å². The smallest absolute Gasteiger partial charge is 0.252 e. The van der Waals surface area contributed by atoms with Gasteiger partial charge < -0.3 is 4.90 Å². The van der Waals surface area contributed by atoms with E-state index in [0.29, 0.717) is 23.2 Å². The van der Waals surface area contributed by atoms with Crippen molar-refractivity contribution in [3.63, 3.8) is 0 Å². The van der Waals surface area contributed by atoms with Gasteiger partial charge in [0.25, 0.3) is 10.0 Å². The Morgan fingerprint density at radius 2 is 1.95 bits per heavy atom. The van der Waals surface area contributed by atoms with Crippen molar-refractivity contribution >= 4 is 33.0 Å². The van der Waals surface area contributed by atoms with E-state index in [9.17, 15) is 8.42 Å². The van der Waals surface area contributed by atoms with Crippen molar-refractivity contribution < 1.29 is 8.42 Å². The van der Waals surface area contributed by atoms with Crippen LogP contribution < -0.4 is 0 Å². The molecule has 4 nitrogen and oxygen atoms in total. The zero-order chi connectivity index (χ0) is 13.9. The molecular formula is C12H19ClN2O2S2. The second-order valence-corrected chi connectivity index (χ2v) is 8.20. The molecule has 0 saturated carbocycles. The van der Waals surface area contributed by atoms with Crippen LogP contribution >= 0.6 is 22.9 Å². The van der Waals surface area contributed by atoms with Crippen molar-refractivity contribution in [3.8, 4) is 0 Å². The summed E-state index contributed by atoms with van der Waals surface area (Å²) in [7, 11) is -3.32. The summed E-state index contributed by atoms with van der Waals surface area (Å²) in [4.78, 5) is 3.20. The summed E-state index contributed by atoms with van der Waals surface area (Å²) in [6.07, 6.45) is 1.11. The molecule has 0 bridgehead atoms. The van der Waals surface area contributed by atoms with Gasteiger partial charge in [-0.2, -0.15) is 4.31 Å². The van der Waals surface area contributed by atoms with E-state index < -0.39 is 10.0 Å². The van der Waals surface area contributed by atoms with Gasteiger partial charge in [0.05, 0.1) is 5.88 Å². The molecule has 1 aromatic rings. The van der Waals surface area contributed by atoms with Crippen molar-refractivity contribution in [2.24, 2.45) is 0 Å². The minimum Gasteiger partial charge on any atom is -0.301 e. The molecule has 0 aliphatic carbocycles. The van der Waals surface area contributed by atoms with Gasteiger partial charge in [-0.05, 0) is 25.1 Å². The average molecular weight is 323 g/mol. The fraction of sp³-hybridized carbons (Fsp3) is 0.667. The molecule has 0 aromatic carbocycles. The number of rotatable bonds is 5. The molecule has 0 spiro atoms. The monoisotopic (exact) mass is 322 g/mol. The van der Waals surface area contributed by atoms with Gasteiger partial charge >= 0.3 is 0 Å². The Morgan fingerprint density at radius 1 is 1.26 bits per heavy atom. The average Bonchev–Trinajstić information content (AvgIpc) is 2.89. The summed E-state index contributed by atoms with van der Waals surface area (Å²) in [6.45, 7) is 5.99. The topological polar surface area (TPSA) is 40.6 Å². The number of alkyl halides is 1. The van der Waals surface area contributed by atoms with Gasteiger partial charge in [0.2, 0.25) is 0 Å². The van der Waals surface area contributed by atoms with Crippen LogP contribution in [0.2, 0.25) is 0 Å². The van der Waals surface area contributed by atoms with Crippen LogP contribution in [0.25, 0.3) is 0 Å². The van der Waals surface area contributed by atoms with Crippen molar-refractivity contribution in [2.75, 3.05) is 32.7 Å². The number of thiophene rings is 1. The first kappa shape index (κ1) is 15.3. The molecule has 0 amide bonds. The first-order valence-electron chi connectivity index (χ1n) is 6.45. The fourth-order valence-electron chi connectivity index (χ4n) is 2.21. The summed E-state index contributed by atoms with van der Waals surface area (Å²) in [6, 6.07) is 3.45. The van der Waals surface area contributed by atoms with Gasteiger partial charge in [-0.25, -0.2) is 8.42 Å². The number of piperazine rings is 1. The summed E-state index contributed by atoms with van der Waals surface area (Å²) in [5.41, 5.74) is 0. The largest absolute Gasteiger partial charge is 0.301 e. The van der Waals surface area contributed by atoms with Crippen LogP contribution in [0.3, 0.4) is 0 Å². The Balaban J connectivity index is 2.05. The molecular weight excluding hydrogens is 304 g/mol. The lowest BCUT2D eigenvalue weighted by Crippen LogP contribution is -2.48. The maximum atomic E-state index is 12.5. The highest BCUT2D eigenvalue weighted by Crippen LogP contribution is 2.26. The lowest BCUT2D eigenvalue weighted by Gasteiger charge is -2.33. The highest BCUT2D eigenvalue weighted by atomic mass is 35.5. The molecule has 2 heterocycles. The lowest BCUT2D eigenvalue weighted by atomic mass is 10.3. The standard InChI is InChI=1S/C12H19ClN2O2S2/c1-2-5-14-6-8-15(9-7-14)19(16,17)12-4-3-11(10-13)18-12/h3-4H,2,5-10H2,1H3. The molecule has 1 aromatic heterocycles. The molecule has 1 fully saturated rings. The Labute approximate surface area is 124 Å². The van der Waals surface area contributed by atoms with E-state index in [1.54, 1.807) is 16.4 Å². The third-order valence-corrected chi connectivity index (χ3v) is 7.13. The number of halogens is 1. The van der Waals surface area contributed by atoms with Crippen LogP contribution in [0, 0.1) is 0 Å². The van der Waals surface area contributed by atoms with E-state index >= 15 is 0 Å². The molecule has 7 heteroatoms. The number of hydrogen-bond acceptors (Lipinski definition) is 4. The van der Waals surface area contributed by atoms with Crippen molar-refractivity contribution in [3.05, 3.63) is 17.0 Å². The molecule has 108 valence electrons. The molecule has 1 aliphatic heterocycles. The summed E-state index contributed by atoms with van der Waals surface area (Å²) in [5.74, 6) is 0.366. The number of hydrogen-bond donors (Lipinski definition) is 0. The Morgan fingerprint density at radius 3 is 2.47 bits per heavy atom. The van der Waals surface area contributed by atoms with E-state index in [4.69, 9.17) is 11.6 Å². The molecule has 0 atom stereocenters. The minimum absolute atomic E-state index is 0.366. The van der Waals surface area contributed by atoms with E-state index in [1.807, 2.05) is 0 Å². The van der Waals surface area contributed by atoms with Crippen LogP contribution in [0.1, 0.15) is 18.2 Å². The van der Waals surface area contributed by atoms with Crippen molar-refractivity contribution in [1.82, 2.24) is 9.21 Å². The first-order chi connectivity index (χ1) is 9.07. The summed E-state index contributed by atoms with van der Waals surface area (Å²) in [5, 5.41) is 0. The molecule has 2 rings (SSSR count). The van der Waals surface area contributed by atoms with Crippen molar-refractivity contribution in [2.45, 2.75) is 23.4 Å². The van der Waals surface area contributed by atoms with Gasteiger partial charge in [-0.15, -0.1) is 22.9 Å². The fourth-order valence-corrected chi connectivity index (χ4v) is 5.24. The highest BCUT2D eigenvalue weighted by molar-refractivity contribution is 7.91. The second kappa shape index (κ2) is 6.54. The number of nitrogens with zero attached hydrogens (tertiary/aromatic N) is 2. The normalized spacial score (nSPS) is 18.8. The SMILES string of the molecule is CCCN1CCN(S(=O)(=O)c2ccc(CCl)s2)CC1. The van der Waals surface area contributed by atoms with E-state index in [-0.39, 0.29) is 0 Å². The Kier molecular flexibility index (Phi) is 5.25. The highest BCUT2D eigenvalue weighted by Gasteiger charge is 2.29. The molecule has 1 aliphatic rings. The van der Waals surface area contributed by atoms with Gasteiger partial charge in [0, 0.05) is 31.1 Å². The molecule has 0 unspecified atom stereocenters. The maximum absolute atomic E-state index is 12.5. The lowest BCUT2D eigenvalue weighted by molar-refractivity contribution is 0.189. The molecule has 1 saturated heterocycles. The first-order valence-corrected chi connectivity index (χ1v) is 9.24. The van der Waals surface area contributed by atoms with Gasteiger partial charge in [0.1, 0.15) is 4.21 Å². The molecule has 0 N–H and O–H groups in total. The van der Waals surface area contributed by atoms with E-state index in [1.165, 1.54) is 11.3 Å². The second-order valence-electron chi connectivity index (χ2n) is 4.60.